The van der Waals surface area contributed by atoms with Crippen molar-refractivity contribution in [3.63, 3.8) is 0 Å². The predicted molar refractivity (Wildman–Crippen MR) is 68.4 cm³/mol. The lowest BCUT2D eigenvalue weighted by molar-refractivity contribution is -0.146. The summed E-state index contributed by atoms with van der Waals surface area (Å²) >= 11 is 0. The van der Waals surface area contributed by atoms with E-state index in [-0.39, 0.29) is 5.65 Å². The molecule has 3 heterocycles. The van der Waals surface area contributed by atoms with E-state index in [1.165, 1.54) is 6.07 Å². The zero-order chi connectivity index (χ0) is 15.9. The predicted octanol–water partition coefficient (Wildman–Crippen LogP) is 1.44. The maximum atomic E-state index is 12.8. The zero-order valence-corrected chi connectivity index (χ0v) is 11.3. The lowest BCUT2D eigenvalue weighted by atomic mass is 9.97. The Morgan fingerprint density at radius 3 is 2.50 bits per heavy atom. The molecule has 22 heavy (non-hydrogen) atoms. The molecular formula is C12H12F3N5O2. The second-order valence-electron chi connectivity index (χ2n) is 5.08. The number of hydrogen-bond acceptors (Lipinski definition) is 5. The normalized spacial score (nSPS) is 17.1. The fourth-order valence-electron chi connectivity index (χ4n) is 2.48. The van der Waals surface area contributed by atoms with Crippen LogP contribution in [0, 0.1) is 5.92 Å². The van der Waals surface area contributed by atoms with Gasteiger partial charge in [-0.25, -0.2) is 0 Å². The summed E-state index contributed by atoms with van der Waals surface area (Å²) in [5.41, 5.74) is 0.0106. The van der Waals surface area contributed by atoms with Crippen LogP contribution in [0.4, 0.5) is 19.0 Å². The average molecular weight is 315 g/mol. The molecule has 1 aliphatic rings. The highest BCUT2D eigenvalue weighted by molar-refractivity contribution is 5.70. The molecule has 1 saturated heterocycles. The van der Waals surface area contributed by atoms with Gasteiger partial charge in [-0.15, -0.1) is 15.3 Å². The Morgan fingerprint density at radius 2 is 1.91 bits per heavy atom. The van der Waals surface area contributed by atoms with Crippen molar-refractivity contribution in [2.24, 2.45) is 5.92 Å². The van der Waals surface area contributed by atoms with Gasteiger partial charge in [0.15, 0.2) is 5.65 Å². The smallest absolute Gasteiger partial charge is 0.453 e. The molecular weight excluding hydrogens is 303 g/mol. The molecule has 0 unspecified atom stereocenters. The summed E-state index contributed by atoms with van der Waals surface area (Å²) in [5.74, 6) is -2.09. The summed E-state index contributed by atoms with van der Waals surface area (Å²) in [5, 5.41) is 19.5. The lowest BCUT2D eigenvalue weighted by Crippen LogP contribution is -2.37. The Kier molecular flexibility index (Phi) is 3.38. The molecule has 10 heteroatoms. The first kappa shape index (κ1) is 14.5. The van der Waals surface area contributed by atoms with E-state index in [1.807, 2.05) is 0 Å². The molecule has 0 saturated carbocycles. The number of carboxylic acid groups (broad SMARTS) is 1. The van der Waals surface area contributed by atoms with Crippen molar-refractivity contribution in [3.05, 3.63) is 18.0 Å². The van der Waals surface area contributed by atoms with Crippen LogP contribution in [0.5, 0.6) is 0 Å². The number of aliphatic carboxylic acids is 1. The van der Waals surface area contributed by atoms with Gasteiger partial charge in [-0.3, -0.25) is 4.79 Å². The van der Waals surface area contributed by atoms with Crippen LogP contribution in [-0.2, 0) is 11.0 Å². The van der Waals surface area contributed by atoms with Crippen LogP contribution in [0.2, 0.25) is 0 Å². The number of hydrogen-bond donors (Lipinski definition) is 1. The van der Waals surface area contributed by atoms with E-state index in [1.54, 1.807) is 11.0 Å². The zero-order valence-electron chi connectivity index (χ0n) is 11.3. The molecule has 0 aromatic carbocycles. The summed E-state index contributed by atoms with van der Waals surface area (Å²) < 4.78 is 39.1. The third-order valence-electron chi connectivity index (χ3n) is 3.67. The Balaban J connectivity index is 1.88. The minimum absolute atomic E-state index is 0.0106. The molecule has 2 aromatic rings. The first-order chi connectivity index (χ1) is 10.4. The number of piperidine rings is 1. The summed E-state index contributed by atoms with van der Waals surface area (Å²) in [4.78, 5) is 12.7. The van der Waals surface area contributed by atoms with Crippen molar-refractivity contribution in [2.75, 3.05) is 18.0 Å². The minimum Gasteiger partial charge on any atom is -0.481 e. The molecule has 1 N–H and O–H groups in total. The Morgan fingerprint density at radius 1 is 1.23 bits per heavy atom. The second-order valence-corrected chi connectivity index (χ2v) is 5.08. The standard InChI is InChI=1S/C12H12F3N5O2/c13-12(14,15)11-17-16-8-1-2-9(18-20(8)11)19-5-3-7(4-6-19)10(21)22/h1-2,7H,3-6H2,(H,21,22). The highest BCUT2D eigenvalue weighted by atomic mass is 19.4. The first-order valence-electron chi connectivity index (χ1n) is 6.63. The molecule has 3 rings (SSSR count). The SMILES string of the molecule is O=C(O)C1CCN(c2ccc3nnc(C(F)(F)F)n3n2)CC1. The molecule has 0 radical (unpaired) electrons. The topological polar surface area (TPSA) is 83.6 Å². The van der Waals surface area contributed by atoms with Crippen molar-refractivity contribution in [1.29, 1.82) is 0 Å². The molecule has 2 aromatic heterocycles. The van der Waals surface area contributed by atoms with E-state index in [4.69, 9.17) is 5.11 Å². The number of nitrogens with zero attached hydrogens (tertiary/aromatic N) is 5. The van der Waals surface area contributed by atoms with Crippen LogP contribution in [-0.4, -0.2) is 44.0 Å². The van der Waals surface area contributed by atoms with Gasteiger partial charge in [0.1, 0.15) is 5.82 Å². The molecule has 7 nitrogen and oxygen atoms in total. The Labute approximate surface area is 122 Å². The van der Waals surface area contributed by atoms with Crippen LogP contribution in [0.1, 0.15) is 18.7 Å². The van der Waals surface area contributed by atoms with E-state index in [0.717, 1.165) is 0 Å². The molecule has 0 spiro atoms. The third kappa shape index (κ3) is 2.55. The van der Waals surface area contributed by atoms with Gasteiger partial charge in [-0.1, -0.05) is 0 Å². The van der Waals surface area contributed by atoms with Crippen LogP contribution >= 0.6 is 0 Å². The van der Waals surface area contributed by atoms with Crippen molar-refractivity contribution in [2.45, 2.75) is 19.0 Å². The van der Waals surface area contributed by atoms with E-state index < -0.39 is 23.9 Å². The van der Waals surface area contributed by atoms with Gasteiger partial charge in [0.05, 0.1) is 5.92 Å². The maximum Gasteiger partial charge on any atom is 0.453 e. The van der Waals surface area contributed by atoms with E-state index in [0.29, 0.717) is 36.3 Å². The molecule has 0 atom stereocenters. The van der Waals surface area contributed by atoms with E-state index in [2.05, 4.69) is 15.3 Å². The van der Waals surface area contributed by atoms with Crippen LogP contribution in [0.3, 0.4) is 0 Å². The summed E-state index contributed by atoms with van der Waals surface area (Å²) in [6.45, 7) is 0.859. The van der Waals surface area contributed by atoms with Gasteiger partial charge >= 0.3 is 12.1 Å². The number of rotatable bonds is 2. The quantitative estimate of drug-likeness (QED) is 0.903. The van der Waals surface area contributed by atoms with Gasteiger partial charge < -0.3 is 10.0 Å². The van der Waals surface area contributed by atoms with Crippen LogP contribution < -0.4 is 4.90 Å². The monoisotopic (exact) mass is 315 g/mol. The third-order valence-corrected chi connectivity index (χ3v) is 3.67. The molecule has 0 aliphatic carbocycles. The average Bonchev–Trinajstić information content (AvgIpc) is 2.90. The summed E-state index contributed by atoms with van der Waals surface area (Å²) in [6.07, 6.45) is -3.77. The van der Waals surface area contributed by atoms with Gasteiger partial charge in [0.25, 0.3) is 5.82 Å². The summed E-state index contributed by atoms with van der Waals surface area (Å²) in [7, 11) is 0. The van der Waals surface area contributed by atoms with Crippen molar-refractivity contribution < 1.29 is 23.1 Å². The highest BCUT2D eigenvalue weighted by Gasteiger charge is 2.38. The maximum absolute atomic E-state index is 12.8. The number of fused-ring (bicyclic) bond motifs is 1. The number of halogens is 3. The molecule has 0 amide bonds. The first-order valence-corrected chi connectivity index (χ1v) is 6.63. The molecule has 118 valence electrons. The van der Waals surface area contributed by atoms with Crippen LogP contribution in [0.15, 0.2) is 12.1 Å². The number of carboxylic acids is 1. The fourth-order valence-corrected chi connectivity index (χ4v) is 2.48. The van der Waals surface area contributed by atoms with Crippen molar-refractivity contribution in [3.8, 4) is 0 Å². The van der Waals surface area contributed by atoms with E-state index in [9.17, 15) is 18.0 Å². The van der Waals surface area contributed by atoms with Gasteiger partial charge in [-0.05, 0) is 25.0 Å². The minimum atomic E-state index is -4.64. The number of anilines is 1. The number of alkyl halides is 3. The molecule has 1 aliphatic heterocycles. The fraction of sp³-hybridized carbons (Fsp3) is 0.500. The van der Waals surface area contributed by atoms with Gasteiger partial charge in [0, 0.05) is 13.1 Å². The molecule has 1 fully saturated rings. The lowest BCUT2D eigenvalue weighted by Gasteiger charge is -2.30. The number of carbonyl (C=O) groups is 1. The largest absolute Gasteiger partial charge is 0.481 e. The second kappa shape index (κ2) is 5.11. The summed E-state index contributed by atoms with van der Waals surface area (Å²) in [6, 6.07) is 2.97. The highest BCUT2D eigenvalue weighted by Crippen LogP contribution is 2.28. The number of aromatic nitrogens is 4. The van der Waals surface area contributed by atoms with Crippen molar-refractivity contribution in [1.82, 2.24) is 19.8 Å². The van der Waals surface area contributed by atoms with Crippen molar-refractivity contribution >= 4 is 17.4 Å². The van der Waals surface area contributed by atoms with Gasteiger partial charge in [0.2, 0.25) is 0 Å². The van der Waals surface area contributed by atoms with Crippen LogP contribution in [0.25, 0.3) is 5.65 Å². The van der Waals surface area contributed by atoms with E-state index >= 15 is 0 Å². The Hall–Kier alpha value is -2.39. The van der Waals surface area contributed by atoms with Gasteiger partial charge in [-0.2, -0.15) is 17.7 Å². The Bertz CT molecular complexity index is 706. The molecule has 0 bridgehead atoms.